The lowest BCUT2D eigenvalue weighted by atomic mass is 10.1. The fourth-order valence-corrected chi connectivity index (χ4v) is 2.39. The SMILES string of the molecule is CCC(NC(=O)CCN1C(=O)c2ccccc2C1=O)C(=O)OC. The molecule has 7 heteroatoms. The Labute approximate surface area is 133 Å². The van der Waals surface area contributed by atoms with Gasteiger partial charge in [0.05, 0.1) is 18.2 Å². The summed E-state index contributed by atoms with van der Waals surface area (Å²) < 4.78 is 4.59. The second-order valence-electron chi connectivity index (χ2n) is 5.11. The molecule has 0 spiro atoms. The number of rotatable bonds is 6. The van der Waals surface area contributed by atoms with Crippen LogP contribution in [0.25, 0.3) is 0 Å². The first-order chi connectivity index (χ1) is 11.0. The third-order valence-corrected chi connectivity index (χ3v) is 3.67. The number of imide groups is 1. The largest absolute Gasteiger partial charge is 0.467 e. The maximum atomic E-state index is 12.2. The molecule has 1 aromatic carbocycles. The molecule has 0 aromatic heterocycles. The van der Waals surface area contributed by atoms with Gasteiger partial charge < -0.3 is 10.1 Å². The average Bonchev–Trinajstić information content (AvgIpc) is 2.81. The molecule has 1 aromatic rings. The van der Waals surface area contributed by atoms with Gasteiger partial charge in [-0.1, -0.05) is 19.1 Å². The van der Waals surface area contributed by atoms with Crippen LogP contribution in [0.4, 0.5) is 0 Å². The van der Waals surface area contributed by atoms with Crippen LogP contribution in [-0.2, 0) is 14.3 Å². The minimum atomic E-state index is -0.727. The number of hydrogen-bond acceptors (Lipinski definition) is 5. The van der Waals surface area contributed by atoms with E-state index >= 15 is 0 Å². The molecule has 0 fully saturated rings. The van der Waals surface area contributed by atoms with E-state index in [1.807, 2.05) is 0 Å². The second kappa shape index (κ2) is 7.04. The third kappa shape index (κ3) is 3.39. The third-order valence-electron chi connectivity index (χ3n) is 3.67. The lowest BCUT2D eigenvalue weighted by Gasteiger charge is -2.16. The maximum absolute atomic E-state index is 12.2. The first kappa shape index (κ1) is 16.7. The molecular formula is C16H18N2O5. The minimum Gasteiger partial charge on any atom is -0.467 e. The van der Waals surface area contributed by atoms with E-state index in [4.69, 9.17) is 0 Å². The van der Waals surface area contributed by atoms with E-state index in [0.717, 1.165) is 4.90 Å². The summed E-state index contributed by atoms with van der Waals surface area (Å²) in [5.41, 5.74) is 0.692. The molecule has 7 nitrogen and oxygen atoms in total. The van der Waals surface area contributed by atoms with E-state index in [0.29, 0.717) is 17.5 Å². The number of hydrogen-bond donors (Lipinski definition) is 1. The van der Waals surface area contributed by atoms with Crippen LogP contribution in [0.2, 0.25) is 0 Å². The van der Waals surface area contributed by atoms with Crippen molar-refractivity contribution in [1.29, 1.82) is 0 Å². The summed E-state index contributed by atoms with van der Waals surface area (Å²) in [6, 6.07) is 5.81. The van der Waals surface area contributed by atoms with Gasteiger partial charge in [0, 0.05) is 13.0 Å². The topological polar surface area (TPSA) is 92.8 Å². The first-order valence-corrected chi connectivity index (χ1v) is 7.32. The molecule has 1 heterocycles. The Morgan fingerprint density at radius 2 is 1.74 bits per heavy atom. The van der Waals surface area contributed by atoms with Crippen LogP contribution in [0.15, 0.2) is 24.3 Å². The molecule has 0 saturated carbocycles. The molecule has 0 bridgehead atoms. The number of amides is 3. The van der Waals surface area contributed by atoms with Crippen LogP contribution in [-0.4, -0.2) is 48.3 Å². The highest BCUT2D eigenvalue weighted by atomic mass is 16.5. The zero-order chi connectivity index (χ0) is 17.0. The molecule has 2 rings (SSSR count). The molecule has 1 aliphatic rings. The molecule has 0 saturated heterocycles. The molecule has 0 aliphatic carbocycles. The van der Waals surface area contributed by atoms with Crippen molar-refractivity contribution in [1.82, 2.24) is 10.2 Å². The normalized spacial score (nSPS) is 14.4. The van der Waals surface area contributed by atoms with Crippen molar-refractivity contribution >= 4 is 23.7 Å². The number of carbonyl (C=O) groups is 4. The van der Waals surface area contributed by atoms with Gasteiger partial charge in [-0.3, -0.25) is 19.3 Å². The number of esters is 1. The highest BCUT2D eigenvalue weighted by Gasteiger charge is 2.35. The van der Waals surface area contributed by atoms with Gasteiger partial charge in [-0.15, -0.1) is 0 Å². The highest BCUT2D eigenvalue weighted by Crippen LogP contribution is 2.22. The number of fused-ring (bicyclic) bond motifs is 1. The average molecular weight is 318 g/mol. The fraction of sp³-hybridized carbons (Fsp3) is 0.375. The van der Waals surface area contributed by atoms with Crippen molar-refractivity contribution < 1.29 is 23.9 Å². The lowest BCUT2D eigenvalue weighted by Crippen LogP contribution is -2.42. The summed E-state index contributed by atoms with van der Waals surface area (Å²) >= 11 is 0. The van der Waals surface area contributed by atoms with Crippen molar-refractivity contribution in [3.63, 3.8) is 0 Å². The van der Waals surface area contributed by atoms with Gasteiger partial charge in [0.1, 0.15) is 6.04 Å². The van der Waals surface area contributed by atoms with E-state index < -0.39 is 29.7 Å². The van der Waals surface area contributed by atoms with Crippen LogP contribution in [0, 0.1) is 0 Å². The predicted molar refractivity (Wildman–Crippen MR) is 80.7 cm³/mol. The minimum absolute atomic E-state index is 0.0320. The van der Waals surface area contributed by atoms with E-state index in [1.165, 1.54) is 7.11 Å². The van der Waals surface area contributed by atoms with E-state index in [-0.39, 0.29) is 13.0 Å². The number of benzene rings is 1. The molecule has 0 radical (unpaired) electrons. The summed E-state index contributed by atoms with van der Waals surface area (Å²) in [6.07, 6.45) is 0.324. The zero-order valence-corrected chi connectivity index (χ0v) is 13.0. The molecule has 1 unspecified atom stereocenters. The highest BCUT2D eigenvalue weighted by molar-refractivity contribution is 6.21. The van der Waals surface area contributed by atoms with Gasteiger partial charge in [-0.2, -0.15) is 0 Å². The van der Waals surface area contributed by atoms with Crippen LogP contribution in [0.3, 0.4) is 0 Å². The molecule has 1 aliphatic heterocycles. The van der Waals surface area contributed by atoms with E-state index in [1.54, 1.807) is 31.2 Å². The Bertz CT molecular complexity index is 621. The fourth-order valence-electron chi connectivity index (χ4n) is 2.39. The van der Waals surface area contributed by atoms with Crippen LogP contribution in [0.1, 0.15) is 40.5 Å². The molecule has 23 heavy (non-hydrogen) atoms. The Morgan fingerprint density at radius 1 is 1.17 bits per heavy atom. The molecule has 3 amide bonds. The number of carbonyl (C=O) groups excluding carboxylic acids is 4. The molecular weight excluding hydrogens is 300 g/mol. The van der Waals surface area contributed by atoms with Gasteiger partial charge in [0.15, 0.2) is 0 Å². The lowest BCUT2D eigenvalue weighted by molar-refractivity contribution is -0.145. The number of ether oxygens (including phenoxy) is 1. The van der Waals surface area contributed by atoms with Gasteiger partial charge in [-0.25, -0.2) is 4.79 Å². The summed E-state index contributed by atoms with van der Waals surface area (Å²) in [5.74, 6) is -1.75. The Hall–Kier alpha value is -2.70. The van der Waals surface area contributed by atoms with Crippen LogP contribution in [0.5, 0.6) is 0 Å². The van der Waals surface area contributed by atoms with Crippen LogP contribution >= 0.6 is 0 Å². The van der Waals surface area contributed by atoms with Gasteiger partial charge in [0.25, 0.3) is 11.8 Å². The Kier molecular flexibility index (Phi) is 5.10. The molecule has 122 valence electrons. The maximum Gasteiger partial charge on any atom is 0.328 e. The van der Waals surface area contributed by atoms with Gasteiger partial charge >= 0.3 is 5.97 Å². The van der Waals surface area contributed by atoms with E-state index in [9.17, 15) is 19.2 Å². The zero-order valence-electron chi connectivity index (χ0n) is 13.0. The second-order valence-corrected chi connectivity index (χ2v) is 5.11. The van der Waals surface area contributed by atoms with Crippen molar-refractivity contribution in [2.24, 2.45) is 0 Å². The van der Waals surface area contributed by atoms with Gasteiger partial charge in [-0.05, 0) is 18.6 Å². The molecule has 1 atom stereocenters. The Balaban J connectivity index is 1.94. The summed E-state index contributed by atoms with van der Waals surface area (Å²) in [5, 5.41) is 2.53. The summed E-state index contributed by atoms with van der Waals surface area (Å²) in [7, 11) is 1.25. The first-order valence-electron chi connectivity index (χ1n) is 7.32. The standard InChI is InChI=1S/C16H18N2O5/c1-3-12(16(22)23-2)17-13(19)8-9-18-14(20)10-6-4-5-7-11(10)15(18)21/h4-7,12H,3,8-9H2,1-2H3,(H,17,19). The summed E-state index contributed by atoms with van der Waals surface area (Å²) in [6.45, 7) is 1.71. The Morgan fingerprint density at radius 3 is 2.22 bits per heavy atom. The van der Waals surface area contributed by atoms with Crippen molar-refractivity contribution in [2.45, 2.75) is 25.8 Å². The quantitative estimate of drug-likeness (QED) is 0.617. The number of nitrogens with one attached hydrogen (secondary N) is 1. The number of methoxy groups -OCH3 is 1. The van der Waals surface area contributed by atoms with Crippen molar-refractivity contribution in [2.75, 3.05) is 13.7 Å². The number of nitrogens with zero attached hydrogens (tertiary/aromatic N) is 1. The predicted octanol–water partition coefficient (Wildman–Crippen LogP) is 0.740. The summed E-state index contributed by atoms with van der Waals surface area (Å²) in [4.78, 5) is 48.7. The van der Waals surface area contributed by atoms with Crippen molar-refractivity contribution in [3.8, 4) is 0 Å². The van der Waals surface area contributed by atoms with Crippen molar-refractivity contribution in [3.05, 3.63) is 35.4 Å². The van der Waals surface area contributed by atoms with E-state index in [2.05, 4.69) is 10.1 Å². The van der Waals surface area contributed by atoms with Gasteiger partial charge in [0.2, 0.25) is 5.91 Å². The smallest absolute Gasteiger partial charge is 0.328 e. The molecule has 1 N–H and O–H groups in total. The monoisotopic (exact) mass is 318 g/mol. The van der Waals surface area contributed by atoms with Crippen LogP contribution < -0.4 is 5.32 Å².